The number of esters is 2. The molecule has 0 amide bonds. The van der Waals surface area contributed by atoms with E-state index in [4.69, 9.17) is 9.47 Å². The molecule has 2 heterocycles. The molecule has 35 heavy (non-hydrogen) atoms. The first-order valence-corrected chi connectivity index (χ1v) is 13.2. The fourth-order valence-electron chi connectivity index (χ4n) is 6.46. The average Bonchev–Trinajstić information content (AvgIpc) is 2.69. The Kier molecular flexibility index (Phi) is 7.44. The van der Waals surface area contributed by atoms with E-state index < -0.39 is 0 Å². The quantitative estimate of drug-likeness (QED) is 0.503. The summed E-state index contributed by atoms with van der Waals surface area (Å²) >= 11 is 0. The van der Waals surface area contributed by atoms with Crippen molar-refractivity contribution in [3.05, 3.63) is 23.3 Å². The van der Waals surface area contributed by atoms with Gasteiger partial charge in [0, 0.05) is 59.0 Å². The Balaban J connectivity index is 1.66. The first kappa shape index (κ1) is 27.9. The SMILES string of the molecule is CC1CC(C(=O)OC2CC(C)(C)N(C)C(C)(C)C2)=CC=C1C(=O)OC1CC(C)(C)N(C)C(C)(C)C1. The third kappa shape index (κ3) is 5.85. The van der Waals surface area contributed by atoms with E-state index in [0.29, 0.717) is 17.6 Å². The summed E-state index contributed by atoms with van der Waals surface area (Å²) in [7, 11) is 4.28. The van der Waals surface area contributed by atoms with Gasteiger partial charge in [-0.1, -0.05) is 19.1 Å². The minimum absolute atomic E-state index is 0.0468. The van der Waals surface area contributed by atoms with E-state index in [1.807, 2.05) is 6.92 Å². The summed E-state index contributed by atoms with van der Waals surface area (Å²) in [6.07, 6.45) is 6.98. The maximum Gasteiger partial charge on any atom is 0.334 e. The minimum atomic E-state index is -0.263. The first-order chi connectivity index (χ1) is 15.9. The fourth-order valence-corrected chi connectivity index (χ4v) is 6.46. The molecule has 0 aromatic carbocycles. The largest absolute Gasteiger partial charge is 0.459 e. The molecule has 0 bridgehead atoms. The highest BCUT2D eigenvalue weighted by molar-refractivity contribution is 5.94. The van der Waals surface area contributed by atoms with Crippen molar-refractivity contribution in [1.82, 2.24) is 9.80 Å². The van der Waals surface area contributed by atoms with Crippen LogP contribution in [0.3, 0.4) is 0 Å². The smallest absolute Gasteiger partial charge is 0.334 e. The topological polar surface area (TPSA) is 59.1 Å². The number of carbonyl (C=O) groups is 2. The van der Waals surface area contributed by atoms with Crippen molar-refractivity contribution >= 4 is 11.9 Å². The Morgan fingerprint density at radius 3 is 1.46 bits per heavy atom. The molecule has 0 N–H and O–H groups in total. The van der Waals surface area contributed by atoms with Crippen LogP contribution in [-0.2, 0) is 19.1 Å². The van der Waals surface area contributed by atoms with Crippen LogP contribution in [0.1, 0.15) is 94.4 Å². The molecule has 0 radical (unpaired) electrons. The zero-order valence-corrected chi connectivity index (χ0v) is 23.9. The van der Waals surface area contributed by atoms with Gasteiger partial charge in [-0.15, -0.1) is 0 Å². The molecule has 1 aliphatic carbocycles. The van der Waals surface area contributed by atoms with Gasteiger partial charge >= 0.3 is 11.9 Å². The first-order valence-electron chi connectivity index (χ1n) is 13.2. The van der Waals surface area contributed by atoms with Crippen LogP contribution in [-0.4, -0.2) is 70.2 Å². The van der Waals surface area contributed by atoms with Gasteiger partial charge in [-0.25, -0.2) is 9.59 Å². The molecule has 198 valence electrons. The average molecular weight is 489 g/mol. The third-order valence-corrected chi connectivity index (χ3v) is 9.11. The third-order valence-electron chi connectivity index (χ3n) is 9.11. The minimum Gasteiger partial charge on any atom is -0.459 e. The molecular weight excluding hydrogens is 440 g/mol. The van der Waals surface area contributed by atoms with E-state index in [0.717, 1.165) is 25.7 Å². The van der Waals surface area contributed by atoms with Crippen LogP contribution in [0.15, 0.2) is 23.3 Å². The number of likely N-dealkylation sites (tertiary alicyclic amines) is 2. The Labute approximate surface area is 213 Å². The number of allylic oxidation sites excluding steroid dienone is 2. The molecule has 6 heteroatoms. The lowest BCUT2D eigenvalue weighted by Crippen LogP contribution is -2.60. The molecule has 1 atom stereocenters. The van der Waals surface area contributed by atoms with Crippen molar-refractivity contribution in [3.63, 3.8) is 0 Å². The maximum atomic E-state index is 13.1. The fraction of sp³-hybridized carbons (Fsp3) is 0.793. The van der Waals surface area contributed by atoms with Crippen LogP contribution in [0.2, 0.25) is 0 Å². The van der Waals surface area contributed by atoms with Gasteiger partial charge in [-0.05, 0) is 81.8 Å². The lowest BCUT2D eigenvalue weighted by atomic mass is 9.78. The Morgan fingerprint density at radius 1 is 0.714 bits per heavy atom. The van der Waals surface area contributed by atoms with Gasteiger partial charge in [0.15, 0.2) is 0 Å². The maximum absolute atomic E-state index is 13.1. The van der Waals surface area contributed by atoms with Crippen LogP contribution >= 0.6 is 0 Å². The Hall–Kier alpha value is -1.66. The second kappa shape index (κ2) is 9.33. The molecule has 6 nitrogen and oxygen atoms in total. The van der Waals surface area contributed by atoms with Crippen LogP contribution in [0, 0.1) is 5.92 Å². The van der Waals surface area contributed by atoms with Crippen molar-refractivity contribution in [3.8, 4) is 0 Å². The van der Waals surface area contributed by atoms with E-state index >= 15 is 0 Å². The number of piperidine rings is 2. The van der Waals surface area contributed by atoms with Crippen molar-refractivity contribution < 1.29 is 19.1 Å². The summed E-state index contributed by atoms with van der Waals surface area (Å²) in [6, 6.07) is 0. The van der Waals surface area contributed by atoms with Gasteiger partial charge in [0.25, 0.3) is 0 Å². The molecular formula is C29H48N2O4. The summed E-state index contributed by atoms with van der Waals surface area (Å²) < 4.78 is 12.0. The van der Waals surface area contributed by atoms with Gasteiger partial charge in [0.2, 0.25) is 0 Å². The van der Waals surface area contributed by atoms with Crippen molar-refractivity contribution in [2.45, 2.75) is 129 Å². The number of carbonyl (C=O) groups excluding carboxylic acids is 2. The van der Waals surface area contributed by atoms with Gasteiger partial charge in [-0.3, -0.25) is 9.80 Å². The number of ether oxygens (including phenoxy) is 2. The van der Waals surface area contributed by atoms with Crippen molar-refractivity contribution in [2.24, 2.45) is 5.92 Å². The Bertz CT molecular complexity index is 876. The summed E-state index contributed by atoms with van der Waals surface area (Å²) in [5.74, 6) is -0.616. The molecule has 0 saturated carbocycles. The van der Waals surface area contributed by atoms with Gasteiger partial charge in [0.05, 0.1) is 0 Å². The van der Waals surface area contributed by atoms with E-state index in [1.165, 1.54) is 0 Å². The van der Waals surface area contributed by atoms with E-state index in [-0.39, 0.29) is 52.2 Å². The van der Waals surface area contributed by atoms with Gasteiger partial charge in [0.1, 0.15) is 12.2 Å². The monoisotopic (exact) mass is 488 g/mol. The van der Waals surface area contributed by atoms with Crippen molar-refractivity contribution in [2.75, 3.05) is 14.1 Å². The second-order valence-electron chi connectivity index (χ2n) is 13.7. The number of hydrogen-bond donors (Lipinski definition) is 0. The highest BCUT2D eigenvalue weighted by Gasteiger charge is 2.46. The van der Waals surface area contributed by atoms with E-state index in [1.54, 1.807) is 12.2 Å². The lowest BCUT2D eigenvalue weighted by Gasteiger charge is -2.53. The molecule has 0 aromatic heterocycles. The predicted molar refractivity (Wildman–Crippen MR) is 140 cm³/mol. The van der Waals surface area contributed by atoms with Crippen molar-refractivity contribution in [1.29, 1.82) is 0 Å². The predicted octanol–water partition coefficient (Wildman–Crippen LogP) is 5.27. The zero-order valence-electron chi connectivity index (χ0n) is 23.9. The highest BCUT2D eigenvalue weighted by Crippen LogP contribution is 2.40. The Morgan fingerprint density at radius 2 is 1.09 bits per heavy atom. The number of rotatable bonds is 4. The highest BCUT2D eigenvalue weighted by atomic mass is 16.5. The molecule has 2 aliphatic heterocycles. The summed E-state index contributed by atoms with van der Waals surface area (Å²) in [6.45, 7) is 19.6. The molecule has 2 fully saturated rings. The van der Waals surface area contributed by atoms with Gasteiger partial charge in [-0.2, -0.15) is 0 Å². The van der Waals surface area contributed by atoms with Crippen LogP contribution in [0.25, 0.3) is 0 Å². The molecule has 0 spiro atoms. The summed E-state index contributed by atoms with van der Waals surface area (Å²) in [4.78, 5) is 30.9. The number of hydrogen-bond acceptors (Lipinski definition) is 6. The summed E-state index contributed by atoms with van der Waals surface area (Å²) in [5, 5.41) is 0. The normalized spacial score (nSPS) is 29.2. The second-order valence-corrected chi connectivity index (χ2v) is 13.7. The lowest BCUT2D eigenvalue weighted by molar-refractivity contribution is -0.156. The number of nitrogens with zero attached hydrogens (tertiary/aromatic N) is 2. The van der Waals surface area contributed by atoms with E-state index in [2.05, 4.69) is 79.3 Å². The van der Waals surface area contributed by atoms with Crippen LogP contribution in [0.5, 0.6) is 0 Å². The summed E-state index contributed by atoms with van der Waals surface area (Å²) in [5.41, 5.74) is 1.08. The molecule has 3 rings (SSSR count). The zero-order chi connectivity index (χ0) is 26.6. The molecule has 0 aromatic rings. The van der Waals surface area contributed by atoms with Crippen LogP contribution in [0.4, 0.5) is 0 Å². The van der Waals surface area contributed by atoms with Gasteiger partial charge < -0.3 is 9.47 Å². The molecule has 1 unspecified atom stereocenters. The standard InChI is InChI=1S/C29H48N2O4/c1-19-14-20(24(32)34-21-15-26(2,3)30(10)27(4,5)16-21)12-13-23(19)25(33)35-22-17-28(6,7)31(11)29(8,9)18-22/h12-13,19,21-22H,14-18H2,1-11H3. The molecule has 3 aliphatic rings. The molecule has 2 saturated heterocycles. The van der Waals surface area contributed by atoms with Crippen LogP contribution < -0.4 is 0 Å². The van der Waals surface area contributed by atoms with E-state index in [9.17, 15) is 9.59 Å².